The van der Waals surface area contributed by atoms with Crippen molar-refractivity contribution in [3.8, 4) is 5.75 Å². The van der Waals surface area contributed by atoms with Crippen molar-refractivity contribution >= 4 is 17.7 Å². The van der Waals surface area contributed by atoms with Crippen LogP contribution in [-0.4, -0.2) is 41.8 Å². The number of rotatable bonds is 2. The number of nitrogens with one attached hydrogen (secondary N) is 1. The van der Waals surface area contributed by atoms with Crippen molar-refractivity contribution < 1.29 is 19.4 Å². The molecule has 1 heterocycles. The highest BCUT2D eigenvalue weighted by Gasteiger charge is 2.23. The number of ether oxygens (including phenoxy) is 1. The molecule has 1 aromatic rings. The van der Waals surface area contributed by atoms with E-state index in [0.717, 1.165) is 11.1 Å². The number of carbonyl (C=O) groups excluding carboxylic acids is 2. The highest BCUT2D eigenvalue weighted by atomic mass is 16.6. The molecular formula is C13H19N3O4. The zero-order chi connectivity index (χ0) is 15.5. The number of nitrogens with zero attached hydrogens (tertiary/aromatic N) is 2. The van der Waals surface area contributed by atoms with Crippen LogP contribution in [0.1, 0.15) is 31.3 Å². The number of amides is 2. The molecule has 7 heteroatoms. The van der Waals surface area contributed by atoms with Crippen molar-refractivity contribution in [2.45, 2.75) is 26.4 Å². The normalized spacial score (nSPS) is 10.8. The molecule has 0 fully saturated rings. The molecule has 0 bridgehead atoms. The van der Waals surface area contributed by atoms with Gasteiger partial charge in [-0.25, -0.2) is 9.78 Å². The van der Waals surface area contributed by atoms with Crippen LogP contribution in [0.2, 0.25) is 0 Å². The average Bonchev–Trinajstić information content (AvgIpc) is 2.35. The fourth-order valence-corrected chi connectivity index (χ4v) is 1.39. The molecule has 2 N–H and O–H groups in total. The summed E-state index contributed by atoms with van der Waals surface area (Å²) in [7, 11) is 2.91. The molecule has 7 nitrogen and oxygen atoms in total. The summed E-state index contributed by atoms with van der Waals surface area (Å²) in [6.45, 7) is 5.21. The van der Waals surface area contributed by atoms with E-state index in [1.807, 2.05) is 0 Å². The van der Waals surface area contributed by atoms with Gasteiger partial charge in [0.2, 0.25) is 0 Å². The van der Waals surface area contributed by atoms with Gasteiger partial charge in [-0.05, 0) is 26.8 Å². The van der Waals surface area contributed by atoms with Crippen molar-refractivity contribution in [3.05, 3.63) is 18.0 Å². The number of aromatic nitrogens is 1. The third-order valence-electron chi connectivity index (χ3n) is 2.35. The maximum atomic E-state index is 11.9. The van der Waals surface area contributed by atoms with Gasteiger partial charge in [-0.15, -0.1) is 0 Å². The summed E-state index contributed by atoms with van der Waals surface area (Å²) in [6, 6.07) is 1.32. The van der Waals surface area contributed by atoms with Gasteiger partial charge in [-0.1, -0.05) is 0 Å². The Balaban J connectivity index is 3.06. The molecular weight excluding hydrogens is 262 g/mol. The molecule has 0 radical (unpaired) electrons. The molecule has 0 aromatic carbocycles. The number of pyridine rings is 1. The van der Waals surface area contributed by atoms with Crippen molar-refractivity contribution in [1.29, 1.82) is 0 Å². The quantitative estimate of drug-likeness (QED) is 0.857. The molecule has 0 saturated carbocycles. The summed E-state index contributed by atoms with van der Waals surface area (Å²) in [5.74, 6) is -0.630. The molecule has 20 heavy (non-hydrogen) atoms. The van der Waals surface area contributed by atoms with Crippen LogP contribution in [0.5, 0.6) is 5.75 Å². The minimum absolute atomic E-state index is 0.0932. The third-order valence-corrected chi connectivity index (χ3v) is 2.35. The van der Waals surface area contributed by atoms with Gasteiger partial charge in [0.05, 0.1) is 11.9 Å². The first-order valence-corrected chi connectivity index (χ1v) is 6.03. The Morgan fingerprint density at radius 2 is 2.00 bits per heavy atom. The second-order valence-electron chi connectivity index (χ2n) is 5.18. The molecule has 110 valence electrons. The van der Waals surface area contributed by atoms with Gasteiger partial charge in [0, 0.05) is 14.1 Å². The summed E-state index contributed by atoms with van der Waals surface area (Å²) < 4.78 is 5.19. The SMILES string of the molecule is CNC(=O)c1cc(N(C)C(=O)OC(C)(C)C)c(O)cn1. The number of hydrogen-bond acceptors (Lipinski definition) is 5. The zero-order valence-corrected chi connectivity index (χ0v) is 12.2. The smallest absolute Gasteiger partial charge is 0.414 e. The highest BCUT2D eigenvalue weighted by Crippen LogP contribution is 2.27. The van der Waals surface area contributed by atoms with E-state index in [9.17, 15) is 14.7 Å². The maximum Gasteiger partial charge on any atom is 0.414 e. The fraction of sp³-hybridized carbons (Fsp3) is 0.462. The predicted octanol–water partition coefficient (Wildman–Crippen LogP) is 1.52. The average molecular weight is 281 g/mol. The second kappa shape index (κ2) is 5.77. The van der Waals surface area contributed by atoms with Crippen molar-refractivity contribution in [3.63, 3.8) is 0 Å². The van der Waals surface area contributed by atoms with Gasteiger partial charge in [0.25, 0.3) is 5.91 Å². The first-order valence-electron chi connectivity index (χ1n) is 6.03. The van der Waals surface area contributed by atoms with Crippen LogP contribution in [0.25, 0.3) is 0 Å². The predicted molar refractivity (Wildman–Crippen MR) is 73.9 cm³/mol. The highest BCUT2D eigenvalue weighted by molar-refractivity contribution is 5.95. The summed E-state index contributed by atoms with van der Waals surface area (Å²) in [6.07, 6.45) is 0.475. The zero-order valence-electron chi connectivity index (χ0n) is 12.2. The van der Waals surface area contributed by atoms with Gasteiger partial charge in [-0.3, -0.25) is 9.69 Å². The standard InChI is InChI=1S/C13H19N3O4/c1-13(2,3)20-12(19)16(5)9-6-8(11(18)14-4)15-7-10(9)17/h6-7,17H,1-5H3,(H,14,18). The van der Waals surface area contributed by atoms with E-state index in [2.05, 4.69) is 10.3 Å². The minimum Gasteiger partial charge on any atom is -0.504 e. The molecule has 0 aliphatic rings. The molecule has 0 atom stereocenters. The van der Waals surface area contributed by atoms with Crippen LogP contribution in [0.3, 0.4) is 0 Å². The molecule has 1 rings (SSSR count). The van der Waals surface area contributed by atoms with Crippen LogP contribution in [0.4, 0.5) is 10.5 Å². The molecule has 0 aliphatic heterocycles. The summed E-state index contributed by atoms with van der Waals surface area (Å²) in [4.78, 5) is 28.3. The van der Waals surface area contributed by atoms with Gasteiger partial charge < -0.3 is 15.2 Å². The van der Waals surface area contributed by atoms with Crippen LogP contribution in [-0.2, 0) is 4.74 Å². The lowest BCUT2D eigenvalue weighted by Gasteiger charge is -2.25. The van der Waals surface area contributed by atoms with E-state index in [0.29, 0.717) is 0 Å². The summed E-state index contributed by atoms with van der Waals surface area (Å²) in [5.41, 5.74) is -0.416. The largest absolute Gasteiger partial charge is 0.504 e. The monoisotopic (exact) mass is 281 g/mol. The van der Waals surface area contributed by atoms with Crippen LogP contribution >= 0.6 is 0 Å². The van der Waals surface area contributed by atoms with E-state index in [1.54, 1.807) is 20.8 Å². The van der Waals surface area contributed by atoms with Crippen LogP contribution < -0.4 is 10.2 Å². The second-order valence-corrected chi connectivity index (χ2v) is 5.18. The Hall–Kier alpha value is -2.31. The van der Waals surface area contributed by atoms with Gasteiger partial charge in [-0.2, -0.15) is 0 Å². The molecule has 1 aromatic heterocycles. The van der Waals surface area contributed by atoms with Crippen molar-refractivity contribution in [2.24, 2.45) is 0 Å². The Bertz CT molecular complexity index is 523. The van der Waals surface area contributed by atoms with Crippen molar-refractivity contribution in [2.75, 3.05) is 19.0 Å². The first kappa shape index (κ1) is 15.7. The topological polar surface area (TPSA) is 91.8 Å². The van der Waals surface area contributed by atoms with Crippen molar-refractivity contribution in [1.82, 2.24) is 10.3 Å². The fourth-order valence-electron chi connectivity index (χ4n) is 1.39. The minimum atomic E-state index is -0.655. The van der Waals surface area contributed by atoms with E-state index in [-0.39, 0.29) is 17.1 Å². The van der Waals surface area contributed by atoms with Gasteiger partial charge in [0.1, 0.15) is 11.3 Å². The summed E-state index contributed by atoms with van der Waals surface area (Å²) in [5, 5.41) is 12.2. The Morgan fingerprint density at radius 3 is 2.50 bits per heavy atom. The van der Waals surface area contributed by atoms with E-state index in [1.165, 1.54) is 20.2 Å². The number of anilines is 1. The lowest BCUT2D eigenvalue weighted by atomic mass is 10.2. The van der Waals surface area contributed by atoms with E-state index >= 15 is 0 Å². The van der Waals surface area contributed by atoms with E-state index < -0.39 is 17.6 Å². The summed E-state index contributed by atoms with van der Waals surface area (Å²) >= 11 is 0. The van der Waals surface area contributed by atoms with Gasteiger partial charge in [0.15, 0.2) is 5.75 Å². The lowest BCUT2D eigenvalue weighted by Crippen LogP contribution is -2.34. The maximum absolute atomic E-state index is 11.9. The Morgan fingerprint density at radius 1 is 1.40 bits per heavy atom. The number of hydrogen-bond donors (Lipinski definition) is 2. The Labute approximate surface area is 117 Å². The molecule has 0 aliphatic carbocycles. The first-order chi connectivity index (χ1) is 9.15. The van der Waals surface area contributed by atoms with Crippen LogP contribution in [0, 0.1) is 0 Å². The van der Waals surface area contributed by atoms with Gasteiger partial charge >= 0.3 is 6.09 Å². The third kappa shape index (κ3) is 3.84. The molecule has 0 saturated heterocycles. The molecule has 2 amide bonds. The molecule has 0 unspecified atom stereocenters. The molecule has 0 spiro atoms. The number of carbonyl (C=O) groups is 2. The lowest BCUT2D eigenvalue weighted by molar-refractivity contribution is 0.0588. The van der Waals surface area contributed by atoms with Crippen LogP contribution in [0.15, 0.2) is 12.3 Å². The number of aromatic hydroxyl groups is 1. The van der Waals surface area contributed by atoms with E-state index in [4.69, 9.17) is 4.74 Å². The Kier molecular flexibility index (Phi) is 4.54.